The number of aliphatic carboxylic acids is 1. The first-order valence-corrected chi connectivity index (χ1v) is 7.20. The van der Waals surface area contributed by atoms with Crippen molar-refractivity contribution in [3.05, 3.63) is 64.0 Å². The van der Waals surface area contributed by atoms with Gasteiger partial charge in [-0.2, -0.15) is 0 Å². The molecule has 120 valence electrons. The minimum Gasteiger partial charge on any atom is -0.494 e. The van der Waals surface area contributed by atoms with Crippen molar-refractivity contribution in [3.8, 4) is 5.75 Å². The molecule has 0 fully saturated rings. The summed E-state index contributed by atoms with van der Waals surface area (Å²) in [5.74, 6) is -1.45. The molecular weight excluding hydrogens is 295 g/mol. The van der Waals surface area contributed by atoms with Crippen molar-refractivity contribution in [2.45, 2.75) is 20.8 Å². The molecule has 2 aromatic carbocycles. The Morgan fingerprint density at radius 3 is 2.22 bits per heavy atom. The number of carbonyl (C=O) groups is 1. The van der Waals surface area contributed by atoms with Gasteiger partial charge in [-0.25, -0.2) is 9.18 Å². The van der Waals surface area contributed by atoms with Crippen molar-refractivity contribution >= 4 is 17.6 Å². The fourth-order valence-corrected chi connectivity index (χ4v) is 2.40. The second-order valence-corrected chi connectivity index (χ2v) is 5.49. The summed E-state index contributed by atoms with van der Waals surface area (Å²) in [7, 11) is 1.38. The van der Waals surface area contributed by atoms with E-state index in [9.17, 15) is 14.3 Å². The Morgan fingerprint density at radius 1 is 1.13 bits per heavy atom. The fraction of sp³-hybridized carbons (Fsp3) is 0.211. The maximum absolute atomic E-state index is 13.8. The van der Waals surface area contributed by atoms with E-state index >= 15 is 0 Å². The van der Waals surface area contributed by atoms with Crippen LogP contribution in [0.25, 0.3) is 11.6 Å². The highest BCUT2D eigenvalue weighted by Gasteiger charge is 2.13. The molecule has 0 radical (unpaired) electrons. The molecular formula is C19H19FO3. The van der Waals surface area contributed by atoms with Gasteiger partial charge in [0.2, 0.25) is 0 Å². The largest absolute Gasteiger partial charge is 0.494 e. The van der Waals surface area contributed by atoms with E-state index < -0.39 is 11.8 Å². The maximum atomic E-state index is 13.8. The summed E-state index contributed by atoms with van der Waals surface area (Å²) in [4.78, 5) is 11.6. The molecule has 0 unspecified atom stereocenters. The SMILES string of the molecule is COc1ccc(/C=C(/C(=O)O)c2cc(C)c(C)c(C)c2)cc1F. The van der Waals surface area contributed by atoms with Gasteiger partial charge in [-0.3, -0.25) is 0 Å². The maximum Gasteiger partial charge on any atom is 0.336 e. The highest BCUT2D eigenvalue weighted by molar-refractivity contribution is 6.20. The van der Waals surface area contributed by atoms with Gasteiger partial charge in [-0.15, -0.1) is 0 Å². The van der Waals surface area contributed by atoms with Crippen LogP contribution in [0.4, 0.5) is 4.39 Å². The Balaban J connectivity index is 2.55. The quantitative estimate of drug-likeness (QED) is 0.672. The average molecular weight is 314 g/mol. The van der Waals surface area contributed by atoms with E-state index in [1.54, 1.807) is 6.07 Å². The molecule has 3 nitrogen and oxygen atoms in total. The molecule has 2 aromatic rings. The smallest absolute Gasteiger partial charge is 0.336 e. The van der Waals surface area contributed by atoms with Gasteiger partial charge in [0, 0.05) is 0 Å². The number of carboxylic acids is 1. The van der Waals surface area contributed by atoms with Crippen molar-refractivity contribution in [1.29, 1.82) is 0 Å². The molecule has 0 saturated heterocycles. The molecule has 2 rings (SSSR count). The summed E-state index contributed by atoms with van der Waals surface area (Å²) in [6.07, 6.45) is 1.47. The van der Waals surface area contributed by atoms with E-state index in [1.807, 2.05) is 32.9 Å². The van der Waals surface area contributed by atoms with E-state index in [0.717, 1.165) is 16.7 Å². The lowest BCUT2D eigenvalue weighted by Gasteiger charge is -2.10. The fourth-order valence-electron chi connectivity index (χ4n) is 2.40. The predicted octanol–water partition coefficient (Wildman–Crippen LogP) is 4.38. The second-order valence-electron chi connectivity index (χ2n) is 5.49. The zero-order valence-corrected chi connectivity index (χ0v) is 13.6. The Kier molecular flexibility index (Phi) is 4.84. The van der Waals surface area contributed by atoms with Crippen molar-refractivity contribution < 1.29 is 19.0 Å². The standard InChI is InChI=1S/C19H19FO3/c1-11-7-15(8-12(2)13(11)3)16(19(21)22)9-14-5-6-18(23-4)17(20)10-14/h5-10H,1-4H3,(H,21,22)/b16-9+. The van der Waals surface area contributed by atoms with E-state index in [-0.39, 0.29) is 11.3 Å². The molecule has 0 heterocycles. The molecule has 0 spiro atoms. The summed E-state index contributed by atoms with van der Waals surface area (Å²) in [5.41, 5.74) is 4.38. The molecule has 1 N–H and O–H groups in total. The molecule has 0 bridgehead atoms. The lowest BCUT2D eigenvalue weighted by atomic mass is 9.95. The number of hydrogen-bond donors (Lipinski definition) is 1. The lowest BCUT2D eigenvalue weighted by Crippen LogP contribution is -2.02. The van der Waals surface area contributed by atoms with Crippen LogP contribution in [-0.2, 0) is 4.79 Å². The van der Waals surface area contributed by atoms with Crippen LogP contribution in [0.5, 0.6) is 5.75 Å². The summed E-state index contributed by atoms with van der Waals surface area (Å²) in [5, 5.41) is 9.52. The van der Waals surface area contributed by atoms with Gasteiger partial charge in [0.05, 0.1) is 12.7 Å². The average Bonchev–Trinajstić information content (AvgIpc) is 2.49. The van der Waals surface area contributed by atoms with Gasteiger partial charge in [0.15, 0.2) is 11.6 Å². The van der Waals surface area contributed by atoms with Crippen LogP contribution in [0.1, 0.15) is 27.8 Å². The van der Waals surface area contributed by atoms with E-state index in [2.05, 4.69) is 0 Å². The zero-order chi connectivity index (χ0) is 17.1. The highest BCUT2D eigenvalue weighted by atomic mass is 19.1. The zero-order valence-electron chi connectivity index (χ0n) is 13.6. The first-order valence-electron chi connectivity index (χ1n) is 7.20. The number of halogens is 1. The van der Waals surface area contributed by atoms with Gasteiger partial charge in [-0.05, 0) is 66.8 Å². The molecule has 23 heavy (non-hydrogen) atoms. The van der Waals surface area contributed by atoms with Crippen LogP contribution in [0.15, 0.2) is 30.3 Å². The van der Waals surface area contributed by atoms with Crippen molar-refractivity contribution in [2.24, 2.45) is 0 Å². The normalized spacial score (nSPS) is 11.4. The van der Waals surface area contributed by atoms with Crippen LogP contribution in [0, 0.1) is 26.6 Å². The Hall–Kier alpha value is -2.62. The van der Waals surface area contributed by atoms with Crippen LogP contribution < -0.4 is 4.74 Å². The van der Waals surface area contributed by atoms with E-state index in [4.69, 9.17) is 4.74 Å². The van der Waals surface area contributed by atoms with Crippen LogP contribution in [0.2, 0.25) is 0 Å². The number of ether oxygens (including phenoxy) is 1. The summed E-state index contributed by atoms with van der Waals surface area (Å²) in [6.45, 7) is 5.88. The number of rotatable bonds is 4. The Morgan fingerprint density at radius 2 is 1.74 bits per heavy atom. The number of carboxylic acid groups (broad SMARTS) is 1. The third-order valence-electron chi connectivity index (χ3n) is 3.96. The number of hydrogen-bond acceptors (Lipinski definition) is 2. The van der Waals surface area contributed by atoms with Gasteiger partial charge in [0.25, 0.3) is 0 Å². The number of benzene rings is 2. The predicted molar refractivity (Wildman–Crippen MR) is 89.1 cm³/mol. The molecule has 0 atom stereocenters. The first kappa shape index (κ1) is 16.7. The molecule has 0 saturated carbocycles. The minimum absolute atomic E-state index is 0.126. The molecule has 0 amide bonds. The topological polar surface area (TPSA) is 46.5 Å². The number of aryl methyl sites for hydroxylation is 2. The van der Waals surface area contributed by atoms with Crippen molar-refractivity contribution in [2.75, 3.05) is 7.11 Å². The van der Waals surface area contributed by atoms with Gasteiger partial charge in [0.1, 0.15) is 0 Å². The molecule has 0 aromatic heterocycles. The van der Waals surface area contributed by atoms with E-state index in [1.165, 1.54) is 25.3 Å². The summed E-state index contributed by atoms with van der Waals surface area (Å²) < 4.78 is 18.7. The summed E-state index contributed by atoms with van der Waals surface area (Å²) >= 11 is 0. The van der Waals surface area contributed by atoms with E-state index in [0.29, 0.717) is 11.1 Å². The minimum atomic E-state index is -1.05. The monoisotopic (exact) mass is 314 g/mol. The molecule has 4 heteroatoms. The molecule has 0 aliphatic heterocycles. The number of methoxy groups -OCH3 is 1. The van der Waals surface area contributed by atoms with Crippen molar-refractivity contribution in [3.63, 3.8) is 0 Å². The Bertz CT molecular complexity index is 768. The van der Waals surface area contributed by atoms with Gasteiger partial charge >= 0.3 is 5.97 Å². The molecule has 0 aliphatic carbocycles. The van der Waals surface area contributed by atoms with Crippen LogP contribution >= 0.6 is 0 Å². The van der Waals surface area contributed by atoms with Crippen LogP contribution in [0.3, 0.4) is 0 Å². The van der Waals surface area contributed by atoms with Crippen molar-refractivity contribution in [1.82, 2.24) is 0 Å². The molecule has 0 aliphatic rings. The second kappa shape index (κ2) is 6.65. The van der Waals surface area contributed by atoms with Crippen LogP contribution in [-0.4, -0.2) is 18.2 Å². The third-order valence-corrected chi connectivity index (χ3v) is 3.96. The Labute approximate surface area is 135 Å². The summed E-state index contributed by atoms with van der Waals surface area (Å²) in [6, 6.07) is 8.03. The van der Waals surface area contributed by atoms with Gasteiger partial charge < -0.3 is 9.84 Å². The first-order chi connectivity index (χ1) is 10.8. The highest BCUT2D eigenvalue weighted by Crippen LogP contribution is 2.25. The lowest BCUT2D eigenvalue weighted by molar-refractivity contribution is -0.130. The van der Waals surface area contributed by atoms with Gasteiger partial charge in [-0.1, -0.05) is 18.2 Å². The third kappa shape index (κ3) is 3.59.